The van der Waals surface area contributed by atoms with Gasteiger partial charge in [-0.2, -0.15) is 0 Å². The van der Waals surface area contributed by atoms with E-state index in [1.165, 1.54) is 11.3 Å². The number of ketones is 1. The molecule has 0 saturated carbocycles. The molecule has 1 unspecified atom stereocenters. The Kier molecular flexibility index (Phi) is 6.07. The van der Waals surface area contributed by atoms with E-state index in [9.17, 15) is 9.59 Å². The highest BCUT2D eigenvalue weighted by Crippen LogP contribution is 2.31. The van der Waals surface area contributed by atoms with Gasteiger partial charge in [0, 0.05) is 41.8 Å². The molecule has 3 heterocycles. The van der Waals surface area contributed by atoms with Gasteiger partial charge in [-0.25, -0.2) is 4.98 Å². The van der Waals surface area contributed by atoms with E-state index in [1.54, 1.807) is 5.51 Å². The van der Waals surface area contributed by atoms with E-state index < -0.39 is 0 Å². The number of carbonyl (C=O) groups excluding carboxylic acids is 2. The van der Waals surface area contributed by atoms with E-state index in [2.05, 4.69) is 20.2 Å². The van der Waals surface area contributed by atoms with Crippen LogP contribution in [0.15, 0.2) is 66.3 Å². The van der Waals surface area contributed by atoms with Gasteiger partial charge in [-0.15, -0.1) is 11.3 Å². The Bertz CT molecular complexity index is 1270. The molecule has 1 amide bonds. The number of fused-ring (bicyclic) bond motifs is 1. The minimum Gasteiger partial charge on any atom is -0.360 e. The fourth-order valence-electron chi connectivity index (χ4n) is 4.66. The van der Waals surface area contributed by atoms with E-state index in [0.717, 1.165) is 53.7 Å². The second-order valence-electron chi connectivity index (χ2n) is 8.48. The van der Waals surface area contributed by atoms with Crippen molar-refractivity contribution in [1.29, 1.82) is 0 Å². The largest absolute Gasteiger partial charge is 0.360 e. The molecule has 1 aliphatic rings. The number of thiazole rings is 1. The molecule has 0 bridgehead atoms. The van der Waals surface area contributed by atoms with Crippen molar-refractivity contribution in [2.24, 2.45) is 0 Å². The van der Waals surface area contributed by atoms with Crippen LogP contribution in [0, 0.1) is 6.92 Å². The van der Waals surface area contributed by atoms with E-state index in [1.807, 2.05) is 67.7 Å². The highest BCUT2D eigenvalue weighted by Gasteiger charge is 2.33. The Hall–Kier alpha value is -3.29. The lowest BCUT2D eigenvalue weighted by Crippen LogP contribution is -2.47. The molecular formula is C26H26N4O2S. The standard InChI is InChI=1S/C26H26N4O2S/c1-17-25(33-16-28-17)26(32)29-19-11-13-30(14-12-19)23(18-7-3-2-4-8-18)24(31)21-15-27-22-10-6-5-9-20(21)22/h2-10,15-16,19,23,27H,11-14H2,1H3,(H,29,32). The number of aromatic nitrogens is 2. The Balaban J connectivity index is 1.35. The van der Waals surface area contributed by atoms with Gasteiger partial charge in [-0.3, -0.25) is 14.5 Å². The topological polar surface area (TPSA) is 78.1 Å². The maximum atomic E-state index is 13.8. The zero-order valence-electron chi connectivity index (χ0n) is 18.5. The summed E-state index contributed by atoms with van der Waals surface area (Å²) in [6, 6.07) is 17.6. The number of H-pyrrole nitrogens is 1. The van der Waals surface area contributed by atoms with Gasteiger partial charge in [0.2, 0.25) is 0 Å². The van der Waals surface area contributed by atoms with E-state index in [0.29, 0.717) is 4.88 Å². The zero-order chi connectivity index (χ0) is 22.8. The normalized spacial score (nSPS) is 16.0. The number of aromatic amines is 1. The van der Waals surface area contributed by atoms with Gasteiger partial charge in [0.25, 0.3) is 5.91 Å². The van der Waals surface area contributed by atoms with Crippen LogP contribution in [0.2, 0.25) is 0 Å². The molecular weight excluding hydrogens is 432 g/mol. The Morgan fingerprint density at radius 1 is 1.09 bits per heavy atom. The molecule has 168 valence electrons. The number of benzene rings is 2. The van der Waals surface area contributed by atoms with Gasteiger partial charge in [0.05, 0.1) is 17.2 Å². The number of carbonyl (C=O) groups is 2. The van der Waals surface area contributed by atoms with E-state index in [4.69, 9.17) is 0 Å². The molecule has 1 atom stereocenters. The van der Waals surface area contributed by atoms with Crippen LogP contribution in [-0.2, 0) is 0 Å². The molecule has 33 heavy (non-hydrogen) atoms. The van der Waals surface area contributed by atoms with Crippen LogP contribution < -0.4 is 5.32 Å². The Labute approximate surface area is 196 Å². The molecule has 0 radical (unpaired) electrons. The molecule has 2 aromatic heterocycles. The van der Waals surface area contributed by atoms with Gasteiger partial charge in [0.1, 0.15) is 4.88 Å². The van der Waals surface area contributed by atoms with E-state index >= 15 is 0 Å². The van der Waals surface area contributed by atoms with Crippen LogP contribution in [-0.4, -0.2) is 45.7 Å². The van der Waals surface area contributed by atoms with Crippen molar-refractivity contribution in [2.75, 3.05) is 13.1 Å². The summed E-state index contributed by atoms with van der Waals surface area (Å²) in [5, 5.41) is 4.11. The number of rotatable bonds is 6. The number of hydrogen-bond acceptors (Lipinski definition) is 5. The van der Waals surface area contributed by atoms with Crippen LogP contribution in [0.5, 0.6) is 0 Å². The Morgan fingerprint density at radius 3 is 2.55 bits per heavy atom. The molecule has 7 heteroatoms. The van der Waals surface area contributed by atoms with Crippen molar-refractivity contribution in [3.8, 4) is 0 Å². The first-order valence-electron chi connectivity index (χ1n) is 11.2. The fourth-order valence-corrected chi connectivity index (χ4v) is 5.36. The summed E-state index contributed by atoms with van der Waals surface area (Å²) < 4.78 is 0. The maximum absolute atomic E-state index is 13.8. The monoisotopic (exact) mass is 458 g/mol. The minimum atomic E-state index is -0.356. The molecule has 5 rings (SSSR count). The molecule has 2 aromatic carbocycles. The van der Waals surface area contributed by atoms with Crippen molar-refractivity contribution >= 4 is 33.9 Å². The first-order chi connectivity index (χ1) is 16.1. The van der Waals surface area contributed by atoms with Gasteiger partial charge in [0.15, 0.2) is 5.78 Å². The number of hydrogen-bond donors (Lipinski definition) is 2. The summed E-state index contributed by atoms with van der Waals surface area (Å²) in [5.74, 6) is 0.0457. The van der Waals surface area contributed by atoms with Crippen LogP contribution in [0.25, 0.3) is 10.9 Å². The SMILES string of the molecule is Cc1ncsc1C(=O)NC1CCN(C(C(=O)c2c[nH]c3ccccc23)c2ccccc2)CC1. The number of amides is 1. The number of nitrogens with one attached hydrogen (secondary N) is 2. The lowest BCUT2D eigenvalue weighted by Gasteiger charge is -2.37. The fraction of sp³-hybridized carbons (Fsp3) is 0.269. The number of piperidine rings is 1. The highest BCUT2D eigenvalue weighted by atomic mass is 32.1. The molecule has 4 aromatic rings. The first kappa shape index (κ1) is 21.6. The predicted molar refractivity (Wildman–Crippen MR) is 131 cm³/mol. The third-order valence-corrected chi connectivity index (χ3v) is 7.33. The zero-order valence-corrected chi connectivity index (χ0v) is 19.3. The third-order valence-electron chi connectivity index (χ3n) is 6.40. The minimum absolute atomic E-state index is 0.0528. The molecule has 1 fully saturated rings. The number of likely N-dealkylation sites (tertiary alicyclic amines) is 1. The third kappa shape index (κ3) is 4.34. The second kappa shape index (κ2) is 9.29. The summed E-state index contributed by atoms with van der Waals surface area (Å²) >= 11 is 1.37. The smallest absolute Gasteiger partial charge is 0.263 e. The number of para-hydroxylation sites is 1. The summed E-state index contributed by atoms with van der Waals surface area (Å²) in [4.78, 5) is 36.8. The number of Topliss-reactive ketones (excluding diaryl/α,β-unsaturated/α-hetero) is 1. The maximum Gasteiger partial charge on any atom is 0.263 e. The lowest BCUT2D eigenvalue weighted by molar-refractivity contribution is 0.0737. The van der Waals surface area contributed by atoms with Crippen molar-refractivity contribution < 1.29 is 9.59 Å². The summed E-state index contributed by atoms with van der Waals surface area (Å²) in [7, 11) is 0. The quantitative estimate of drug-likeness (QED) is 0.409. The average Bonchev–Trinajstić information content (AvgIpc) is 3.47. The number of aryl methyl sites for hydroxylation is 1. The number of nitrogens with zero attached hydrogens (tertiary/aromatic N) is 2. The van der Waals surface area contributed by atoms with Crippen LogP contribution in [0.3, 0.4) is 0 Å². The van der Waals surface area contributed by atoms with E-state index in [-0.39, 0.29) is 23.8 Å². The molecule has 2 N–H and O–H groups in total. The molecule has 0 aliphatic carbocycles. The van der Waals surface area contributed by atoms with Gasteiger partial charge < -0.3 is 10.3 Å². The second-order valence-corrected chi connectivity index (χ2v) is 9.33. The molecule has 6 nitrogen and oxygen atoms in total. The summed E-state index contributed by atoms with van der Waals surface area (Å²) in [6.07, 6.45) is 3.43. The van der Waals surface area contributed by atoms with Gasteiger partial charge >= 0.3 is 0 Å². The van der Waals surface area contributed by atoms with Gasteiger partial charge in [-0.05, 0) is 31.4 Å². The first-order valence-corrected chi connectivity index (χ1v) is 12.1. The summed E-state index contributed by atoms with van der Waals surface area (Å²) in [5.41, 5.74) is 5.15. The van der Waals surface area contributed by atoms with Crippen molar-refractivity contribution in [3.63, 3.8) is 0 Å². The van der Waals surface area contributed by atoms with Gasteiger partial charge in [-0.1, -0.05) is 48.5 Å². The van der Waals surface area contributed by atoms with Crippen molar-refractivity contribution in [1.82, 2.24) is 20.2 Å². The van der Waals surface area contributed by atoms with Crippen molar-refractivity contribution in [2.45, 2.75) is 31.8 Å². The molecule has 0 spiro atoms. The molecule has 1 aliphatic heterocycles. The van der Waals surface area contributed by atoms with Crippen LogP contribution in [0.4, 0.5) is 0 Å². The van der Waals surface area contributed by atoms with Crippen LogP contribution in [0.1, 0.15) is 50.2 Å². The highest BCUT2D eigenvalue weighted by molar-refractivity contribution is 7.11. The summed E-state index contributed by atoms with van der Waals surface area (Å²) in [6.45, 7) is 3.33. The lowest BCUT2D eigenvalue weighted by atomic mass is 9.93. The predicted octanol–water partition coefficient (Wildman–Crippen LogP) is 4.75. The molecule has 1 saturated heterocycles. The average molecular weight is 459 g/mol. The van der Waals surface area contributed by atoms with Crippen molar-refractivity contribution in [3.05, 3.63) is 88.0 Å². The Morgan fingerprint density at radius 2 is 1.82 bits per heavy atom. The van der Waals surface area contributed by atoms with Crippen LogP contribution >= 0.6 is 11.3 Å².